The molecule has 0 aromatic heterocycles. The highest BCUT2D eigenvalue weighted by atomic mass is 16.6. The van der Waals surface area contributed by atoms with Crippen molar-refractivity contribution in [3.63, 3.8) is 0 Å². The van der Waals surface area contributed by atoms with Crippen LogP contribution in [0.3, 0.4) is 0 Å². The minimum Gasteiger partial charge on any atom is -0.497 e. The third kappa shape index (κ3) is 4.88. The first-order chi connectivity index (χ1) is 15.6. The molecule has 4 rings (SSSR count). The lowest BCUT2D eigenvalue weighted by Gasteiger charge is -2.25. The molecule has 0 saturated carbocycles. The van der Waals surface area contributed by atoms with Gasteiger partial charge in [0.15, 0.2) is 11.5 Å². The normalized spacial score (nSPS) is 17.5. The van der Waals surface area contributed by atoms with Crippen LogP contribution in [0.2, 0.25) is 0 Å². The molecule has 9 nitrogen and oxygen atoms in total. The SMILES string of the molecule is COc1ccc(OC)c(C2CCCN2CC(=O)NC(=O)Nc2ccc3c(c2)OCCO3)c1. The largest absolute Gasteiger partial charge is 0.497 e. The maximum atomic E-state index is 12.6. The Morgan fingerprint density at radius 1 is 1.06 bits per heavy atom. The maximum Gasteiger partial charge on any atom is 0.325 e. The van der Waals surface area contributed by atoms with Gasteiger partial charge < -0.3 is 24.3 Å². The van der Waals surface area contributed by atoms with Gasteiger partial charge in [-0.05, 0) is 49.7 Å². The van der Waals surface area contributed by atoms with Crippen LogP contribution in [0.4, 0.5) is 10.5 Å². The predicted molar refractivity (Wildman–Crippen MR) is 118 cm³/mol. The van der Waals surface area contributed by atoms with Gasteiger partial charge in [0.2, 0.25) is 5.91 Å². The summed E-state index contributed by atoms with van der Waals surface area (Å²) in [5.41, 5.74) is 1.48. The van der Waals surface area contributed by atoms with Crippen molar-refractivity contribution in [3.8, 4) is 23.0 Å². The first kappa shape index (κ1) is 21.8. The Morgan fingerprint density at radius 3 is 2.66 bits per heavy atom. The smallest absolute Gasteiger partial charge is 0.325 e. The van der Waals surface area contributed by atoms with Crippen molar-refractivity contribution >= 4 is 17.6 Å². The second-order valence-corrected chi connectivity index (χ2v) is 7.60. The Balaban J connectivity index is 1.37. The van der Waals surface area contributed by atoms with E-state index in [1.807, 2.05) is 23.1 Å². The summed E-state index contributed by atoms with van der Waals surface area (Å²) >= 11 is 0. The number of ether oxygens (including phenoxy) is 4. The molecule has 2 aromatic carbocycles. The number of benzene rings is 2. The van der Waals surface area contributed by atoms with Crippen molar-refractivity contribution in [2.45, 2.75) is 18.9 Å². The summed E-state index contributed by atoms with van der Waals surface area (Å²) in [5, 5.41) is 5.06. The third-order valence-electron chi connectivity index (χ3n) is 5.56. The number of carbonyl (C=O) groups excluding carboxylic acids is 2. The Bertz CT molecular complexity index is 996. The quantitative estimate of drug-likeness (QED) is 0.711. The third-order valence-corrected chi connectivity index (χ3v) is 5.56. The van der Waals surface area contributed by atoms with Gasteiger partial charge >= 0.3 is 6.03 Å². The lowest BCUT2D eigenvalue weighted by atomic mass is 10.0. The number of nitrogens with zero attached hydrogens (tertiary/aromatic N) is 1. The molecule has 0 bridgehead atoms. The summed E-state index contributed by atoms with van der Waals surface area (Å²) in [7, 11) is 3.24. The Morgan fingerprint density at radius 2 is 1.88 bits per heavy atom. The average molecular weight is 441 g/mol. The molecule has 170 valence electrons. The lowest BCUT2D eigenvalue weighted by Crippen LogP contribution is -2.41. The van der Waals surface area contributed by atoms with E-state index in [2.05, 4.69) is 10.6 Å². The summed E-state index contributed by atoms with van der Waals surface area (Å²) < 4.78 is 21.9. The minimum atomic E-state index is -0.596. The molecule has 1 fully saturated rings. The van der Waals surface area contributed by atoms with Gasteiger partial charge in [0.1, 0.15) is 24.7 Å². The molecule has 2 N–H and O–H groups in total. The standard InChI is InChI=1S/C23H27N3O6/c1-29-16-6-8-19(30-2)17(13-16)18-4-3-9-26(18)14-22(27)25-23(28)24-15-5-7-20-21(12-15)32-11-10-31-20/h5-8,12-13,18H,3-4,9-11,14H2,1-2H3,(H2,24,25,27,28). The van der Waals surface area contributed by atoms with E-state index in [-0.39, 0.29) is 18.5 Å². The summed E-state index contributed by atoms with van der Waals surface area (Å²) in [6, 6.07) is 10.2. The fourth-order valence-electron chi connectivity index (χ4n) is 4.10. The van der Waals surface area contributed by atoms with E-state index in [0.29, 0.717) is 30.4 Å². The Labute approximate surface area is 186 Å². The Kier molecular flexibility index (Phi) is 6.65. The summed E-state index contributed by atoms with van der Waals surface area (Å²) in [4.78, 5) is 26.9. The number of carbonyl (C=O) groups is 2. The van der Waals surface area contributed by atoms with Gasteiger partial charge in [-0.2, -0.15) is 0 Å². The number of likely N-dealkylation sites (tertiary alicyclic amines) is 1. The molecule has 1 saturated heterocycles. The van der Waals surface area contributed by atoms with Crippen LogP contribution in [0, 0.1) is 0 Å². The zero-order valence-corrected chi connectivity index (χ0v) is 18.2. The van der Waals surface area contributed by atoms with Crippen LogP contribution in [0.15, 0.2) is 36.4 Å². The molecule has 2 aliphatic heterocycles. The molecule has 9 heteroatoms. The minimum absolute atomic E-state index is 0.00616. The van der Waals surface area contributed by atoms with Crippen molar-refractivity contribution in [3.05, 3.63) is 42.0 Å². The van der Waals surface area contributed by atoms with Gasteiger partial charge in [-0.15, -0.1) is 0 Å². The van der Waals surface area contributed by atoms with Crippen LogP contribution >= 0.6 is 0 Å². The van der Waals surface area contributed by atoms with E-state index in [1.165, 1.54) is 0 Å². The number of urea groups is 1. The number of fused-ring (bicyclic) bond motifs is 1. The second-order valence-electron chi connectivity index (χ2n) is 7.60. The van der Waals surface area contributed by atoms with E-state index >= 15 is 0 Å². The zero-order valence-electron chi connectivity index (χ0n) is 18.2. The van der Waals surface area contributed by atoms with Gasteiger partial charge in [0, 0.05) is 23.4 Å². The summed E-state index contributed by atoms with van der Waals surface area (Å²) in [5.74, 6) is 2.29. The van der Waals surface area contributed by atoms with E-state index in [9.17, 15) is 9.59 Å². The van der Waals surface area contributed by atoms with Crippen molar-refractivity contribution in [2.75, 3.05) is 45.8 Å². The summed E-state index contributed by atoms with van der Waals surface area (Å²) in [6.07, 6.45) is 1.84. The summed E-state index contributed by atoms with van der Waals surface area (Å²) in [6.45, 7) is 1.80. The monoisotopic (exact) mass is 441 g/mol. The molecule has 3 amide bonds. The topological polar surface area (TPSA) is 98.4 Å². The molecule has 2 heterocycles. The highest BCUT2D eigenvalue weighted by Crippen LogP contribution is 2.38. The number of anilines is 1. The number of hydrogen-bond acceptors (Lipinski definition) is 7. The molecule has 32 heavy (non-hydrogen) atoms. The number of methoxy groups -OCH3 is 2. The number of imide groups is 1. The first-order valence-electron chi connectivity index (χ1n) is 10.5. The van der Waals surface area contributed by atoms with E-state index < -0.39 is 6.03 Å². The van der Waals surface area contributed by atoms with Crippen molar-refractivity contribution in [1.82, 2.24) is 10.2 Å². The van der Waals surface area contributed by atoms with Gasteiger partial charge in [-0.3, -0.25) is 15.0 Å². The second kappa shape index (κ2) is 9.78. The van der Waals surface area contributed by atoms with E-state index in [4.69, 9.17) is 18.9 Å². The molecule has 0 aliphatic carbocycles. The number of hydrogen-bond donors (Lipinski definition) is 2. The predicted octanol–water partition coefficient (Wildman–Crippen LogP) is 2.96. The molecule has 2 aliphatic rings. The molecule has 1 atom stereocenters. The fourth-order valence-corrected chi connectivity index (χ4v) is 4.10. The van der Waals surface area contributed by atoms with Crippen LogP contribution in [0.25, 0.3) is 0 Å². The Hall–Kier alpha value is -3.46. The number of amides is 3. The first-order valence-corrected chi connectivity index (χ1v) is 10.5. The number of rotatable bonds is 6. The van der Waals surface area contributed by atoms with Gasteiger partial charge in [-0.1, -0.05) is 0 Å². The van der Waals surface area contributed by atoms with E-state index in [0.717, 1.165) is 36.4 Å². The van der Waals surface area contributed by atoms with Gasteiger partial charge in [0.05, 0.1) is 20.8 Å². The average Bonchev–Trinajstić information content (AvgIpc) is 3.26. The maximum absolute atomic E-state index is 12.6. The molecular weight excluding hydrogens is 414 g/mol. The van der Waals surface area contributed by atoms with Crippen LogP contribution in [-0.2, 0) is 4.79 Å². The molecule has 0 spiro atoms. The molecule has 2 aromatic rings. The van der Waals surface area contributed by atoms with Crippen molar-refractivity contribution in [2.24, 2.45) is 0 Å². The highest BCUT2D eigenvalue weighted by Gasteiger charge is 2.30. The van der Waals surface area contributed by atoms with E-state index in [1.54, 1.807) is 32.4 Å². The molecular formula is C23H27N3O6. The van der Waals surface area contributed by atoms with Gasteiger partial charge in [0.25, 0.3) is 0 Å². The van der Waals surface area contributed by atoms with Gasteiger partial charge in [-0.25, -0.2) is 4.79 Å². The molecule has 0 radical (unpaired) electrons. The van der Waals surface area contributed by atoms with Crippen molar-refractivity contribution in [1.29, 1.82) is 0 Å². The fraction of sp³-hybridized carbons (Fsp3) is 0.391. The van der Waals surface area contributed by atoms with Crippen LogP contribution in [0.1, 0.15) is 24.4 Å². The molecule has 1 unspecified atom stereocenters. The number of nitrogens with one attached hydrogen (secondary N) is 2. The highest BCUT2D eigenvalue weighted by molar-refractivity contribution is 6.01. The lowest BCUT2D eigenvalue weighted by molar-refractivity contribution is -0.121. The zero-order chi connectivity index (χ0) is 22.5. The van der Waals surface area contributed by atoms with Crippen LogP contribution in [0.5, 0.6) is 23.0 Å². The van der Waals surface area contributed by atoms with Crippen LogP contribution < -0.4 is 29.6 Å². The van der Waals surface area contributed by atoms with Crippen LogP contribution in [-0.4, -0.2) is 57.4 Å². The van der Waals surface area contributed by atoms with Crippen molar-refractivity contribution < 1.29 is 28.5 Å².